The van der Waals surface area contributed by atoms with Gasteiger partial charge >= 0.3 is 0 Å². The lowest BCUT2D eigenvalue weighted by Gasteiger charge is -2.30. The van der Waals surface area contributed by atoms with E-state index in [0.717, 1.165) is 45.3 Å². The van der Waals surface area contributed by atoms with Crippen molar-refractivity contribution in [2.75, 3.05) is 31.5 Å². The minimum absolute atomic E-state index is 0.0539. The molecule has 1 saturated heterocycles. The van der Waals surface area contributed by atoms with Crippen molar-refractivity contribution in [3.05, 3.63) is 30.1 Å². The van der Waals surface area contributed by atoms with Gasteiger partial charge in [-0.3, -0.25) is 14.5 Å². The molecule has 2 rings (SSSR count). The molecular formula is C18H26FN3O2. The molecule has 2 amide bonds. The molecule has 0 radical (unpaired) electrons. The highest BCUT2D eigenvalue weighted by Crippen LogP contribution is 2.17. The van der Waals surface area contributed by atoms with Gasteiger partial charge in [0.05, 0.1) is 6.54 Å². The average molecular weight is 335 g/mol. The Morgan fingerprint density at radius 2 is 1.88 bits per heavy atom. The first-order chi connectivity index (χ1) is 11.6. The first-order valence-electron chi connectivity index (χ1n) is 8.64. The molecule has 1 aliphatic heterocycles. The highest BCUT2D eigenvalue weighted by Gasteiger charge is 2.25. The van der Waals surface area contributed by atoms with Crippen molar-refractivity contribution < 1.29 is 14.0 Å². The van der Waals surface area contributed by atoms with Gasteiger partial charge in [-0.15, -0.1) is 0 Å². The van der Waals surface area contributed by atoms with Gasteiger partial charge in [-0.2, -0.15) is 0 Å². The SMILES string of the molecule is CCCCNC(=O)C1CCN(CC(=O)Nc2ccc(F)cc2)CC1. The molecule has 1 aliphatic rings. The van der Waals surface area contributed by atoms with Crippen LogP contribution in [0.15, 0.2) is 24.3 Å². The Morgan fingerprint density at radius 3 is 2.50 bits per heavy atom. The van der Waals surface area contributed by atoms with Crippen LogP contribution in [0.5, 0.6) is 0 Å². The Kier molecular flexibility index (Phi) is 7.18. The normalized spacial score (nSPS) is 15.9. The largest absolute Gasteiger partial charge is 0.356 e. The van der Waals surface area contributed by atoms with Crippen LogP contribution >= 0.6 is 0 Å². The summed E-state index contributed by atoms with van der Waals surface area (Å²) in [7, 11) is 0. The Morgan fingerprint density at radius 1 is 1.21 bits per heavy atom. The van der Waals surface area contributed by atoms with Gasteiger partial charge in [0.1, 0.15) is 5.82 Å². The number of halogens is 1. The minimum Gasteiger partial charge on any atom is -0.356 e. The van der Waals surface area contributed by atoms with Gasteiger partial charge in [0, 0.05) is 18.2 Å². The summed E-state index contributed by atoms with van der Waals surface area (Å²) in [6.07, 6.45) is 3.64. The summed E-state index contributed by atoms with van der Waals surface area (Å²) >= 11 is 0. The molecule has 0 spiro atoms. The number of carbonyl (C=O) groups excluding carboxylic acids is 2. The predicted molar refractivity (Wildman–Crippen MR) is 92.1 cm³/mol. The lowest BCUT2D eigenvalue weighted by Crippen LogP contribution is -2.43. The fraction of sp³-hybridized carbons (Fsp3) is 0.556. The van der Waals surface area contributed by atoms with E-state index in [4.69, 9.17) is 0 Å². The van der Waals surface area contributed by atoms with E-state index < -0.39 is 0 Å². The second-order valence-electron chi connectivity index (χ2n) is 6.25. The predicted octanol–water partition coefficient (Wildman–Crippen LogP) is 2.39. The zero-order valence-electron chi connectivity index (χ0n) is 14.2. The Labute approximate surface area is 142 Å². The third-order valence-corrected chi connectivity index (χ3v) is 4.28. The summed E-state index contributed by atoms with van der Waals surface area (Å²) < 4.78 is 12.8. The molecule has 0 unspecified atom stereocenters. The second kappa shape index (κ2) is 9.37. The van der Waals surface area contributed by atoms with Gasteiger partial charge in [-0.05, 0) is 56.6 Å². The molecule has 24 heavy (non-hydrogen) atoms. The number of nitrogens with one attached hydrogen (secondary N) is 2. The Hall–Kier alpha value is -1.95. The average Bonchev–Trinajstić information content (AvgIpc) is 2.58. The van der Waals surface area contributed by atoms with Crippen molar-refractivity contribution in [2.45, 2.75) is 32.6 Å². The van der Waals surface area contributed by atoms with Gasteiger partial charge in [0.25, 0.3) is 0 Å². The summed E-state index contributed by atoms with van der Waals surface area (Å²) in [5.41, 5.74) is 0.589. The molecule has 132 valence electrons. The molecule has 5 nitrogen and oxygen atoms in total. The first kappa shape index (κ1) is 18.4. The number of carbonyl (C=O) groups is 2. The topological polar surface area (TPSA) is 61.4 Å². The molecular weight excluding hydrogens is 309 g/mol. The third kappa shape index (κ3) is 5.92. The van der Waals surface area contributed by atoms with Gasteiger partial charge in [-0.25, -0.2) is 4.39 Å². The van der Waals surface area contributed by atoms with Crippen LogP contribution < -0.4 is 10.6 Å². The van der Waals surface area contributed by atoms with E-state index in [9.17, 15) is 14.0 Å². The number of amides is 2. The fourth-order valence-electron chi connectivity index (χ4n) is 2.82. The lowest BCUT2D eigenvalue weighted by molar-refractivity contribution is -0.126. The van der Waals surface area contributed by atoms with Gasteiger partial charge in [-0.1, -0.05) is 13.3 Å². The summed E-state index contributed by atoms with van der Waals surface area (Å²) in [6, 6.07) is 5.72. The van der Waals surface area contributed by atoms with Gasteiger partial charge in [0.2, 0.25) is 11.8 Å². The number of hydrogen-bond donors (Lipinski definition) is 2. The fourth-order valence-corrected chi connectivity index (χ4v) is 2.82. The van der Waals surface area contributed by atoms with Gasteiger partial charge in [0.15, 0.2) is 0 Å². The third-order valence-electron chi connectivity index (χ3n) is 4.28. The van der Waals surface area contributed by atoms with E-state index in [1.807, 2.05) is 0 Å². The van der Waals surface area contributed by atoms with Gasteiger partial charge < -0.3 is 10.6 Å². The molecule has 1 heterocycles. The van der Waals surface area contributed by atoms with E-state index in [2.05, 4.69) is 22.5 Å². The number of nitrogens with zero attached hydrogens (tertiary/aromatic N) is 1. The summed E-state index contributed by atoms with van der Waals surface area (Å²) in [5, 5.41) is 5.74. The van der Waals surface area contributed by atoms with Crippen molar-refractivity contribution in [3.63, 3.8) is 0 Å². The van der Waals surface area contributed by atoms with Crippen molar-refractivity contribution >= 4 is 17.5 Å². The molecule has 0 bridgehead atoms. The monoisotopic (exact) mass is 335 g/mol. The van der Waals surface area contributed by atoms with E-state index in [1.54, 1.807) is 12.1 Å². The number of benzene rings is 1. The first-order valence-corrected chi connectivity index (χ1v) is 8.64. The molecule has 0 atom stereocenters. The molecule has 2 N–H and O–H groups in total. The van der Waals surface area contributed by atoms with Crippen LogP contribution in [0.2, 0.25) is 0 Å². The molecule has 6 heteroatoms. The maximum absolute atomic E-state index is 12.8. The van der Waals surface area contributed by atoms with Crippen LogP contribution in [-0.2, 0) is 9.59 Å². The standard InChI is InChI=1S/C18H26FN3O2/c1-2-3-10-20-18(24)14-8-11-22(12-9-14)13-17(23)21-16-6-4-15(19)5-7-16/h4-7,14H,2-3,8-13H2,1H3,(H,20,24)(H,21,23). The number of unbranched alkanes of at least 4 members (excludes halogenated alkanes) is 1. The minimum atomic E-state index is -0.327. The van der Waals surface area contributed by atoms with Crippen LogP contribution in [0, 0.1) is 11.7 Å². The number of piperidine rings is 1. The van der Waals surface area contributed by atoms with Crippen LogP contribution in [0.3, 0.4) is 0 Å². The maximum atomic E-state index is 12.8. The second-order valence-corrected chi connectivity index (χ2v) is 6.25. The number of hydrogen-bond acceptors (Lipinski definition) is 3. The maximum Gasteiger partial charge on any atom is 0.238 e. The number of rotatable bonds is 7. The van der Waals surface area contributed by atoms with E-state index in [0.29, 0.717) is 12.2 Å². The highest BCUT2D eigenvalue weighted by molar-refractivity contribution is 5.92. The van der Waals surface area contributed by atoms with Crippen molar-refractivity contribution in [1.29, 1.82) is 0 Å². The molecule has 1 aromatic carbocycles. The van der Waals surface area contributed by atoms with Crippen molar-refractivity contribution in [1.82, 2.24) is 10.2 Å². The molecule has 0 saturated carbocycles. The quantitative estimate of drug-likeness (QED) is 0.752. The molecule has 0 aromatic heterocycles. The Balaban J connectivity index is 1.69. The highest BCUT2D eigenvalue weighted by atomic mass is 19.1. The zero-order valence-corrected chi connectivity index (χ0v) is 14.2. The molecule has 1 aromatic rings. The summed E-state index contributed by atoms with van der Waals surface area (Å²) in [6.45, 7) is 4.62. The zero-order chi connectivity index (χ0) is 17.4. The smallest absolute Gasteiger partial charge is 0.238 e. The van der Waals surface area contributed by atoms with E-state index >= 15 is 0 Å². The van der Waals surface area contributed by atoms with Crippen LogP contribution in [0.1, 0.15) is 32.6 Å². The number of anilines is 1. The molecule has 1 fully saturated rings. The van der Waals surface area contributed by atoms with Crippen LogP contribution in [-0.4, -0.2) is 42.9 Å². The molecule has 0 aliphatic carbocycles. The lowest BCUT2D eigenvalue weighted by atomic mass is 9.96. The van der Waals surface area contributed by atoms with E-state index in [-0.39, 0.29) is 23.5 Å². The van der Waals surface area contributed by atoms with E-state index in [1.165, 1.54) is 12.1 Å². The van der Waals surface area contributed by atoms with Crippen LogP contribution in [0.4, 0.5) is 10.1 Å². The van der Waals surface area contributed by atoms with Crippen molar-refractivity contribution in [3.8, 4) is 0 Å². The summed E-state index contributed by atoms with van der Waals surface area (Å²) in [5.74, 6) is -0.253. The number of likely N-dealkylation sites (tertiary alicyclic amines) is 1. The van der Waals surface area contributed by atoms with Crippen molar-refractivity contribution in [2.24, 2.45) is 5.92 Å². The Bertz CT molecular complexity index is 540. The van der Waals surface area contributed by atoms with Crippen LogP contribution in [0.25, 0.3) is 0 Å². The summed E-state index contributed by atoms with van der Waals surface area (Å²) in [4.78, 5) is 26.1.